The monoisotopic (exact) mass is 280 g/mol. The number of hydrogen-bond acceptors (Lipinski definition) is 2. The van der Waals surface area contributed by atoms with Crippen molar-refractivity contribution in [2.24, 2.45) is 0 Å². The Morgan fingerprint density at radius 1 is 1.10 bits per heavy atom. The molecule has 2 nitrogen and oxygen atoms in total. The quantitative estimate of drug-likeness (QED) is 0.892. The minimum Gasteiger partial charge on any atom is -0.363 e. The van der Waals surface area contributed by atoms with Gasteiger partial charge in [-0.3, -0.25) is 0 Å². The van der Waals surface area contributed by atoms with Crippen LogP contribution in [0.4, 0.5) is 5.69 Å². The van der Waals surface area contributed by atoms with E-state index in [9.17, 15) is 0 Å². The van der Waals surface area contributed by atoms with E-state index in [0.717, 1.165) is 13.1 Å². The largest absolute Gasteiger partial charge is 0.363 e. The van der Waals surface area contributed by atoms with Crippen LogP contribution in [0.3, 0.4) is 0 Å². The molecule has 0 amide bonds. The van der Waals surface area contributed by atoms with Crippen molar-refractivity contribution < 1.29 is 0 Å². The summed E-state index contributed by atoms with van der Waals surface area (Å²) in [6.07, 6.45) is 0. The highest BCUT2D eigenvalue weighted by Gasteiger charge is 2.25. The minimum absolute atomic E-state index is 0.383. The first kappa shape index (κ1) is 14.2. The summed E-state index contributed by atoms with van der Waals surface area (Å²) in [6, 6.07) is 18.3. The molecular formula is C19H24N2. The van der Waals surface area contributed by atoms with Crippen molar-refractivity contribution in [1.82, 2.24) is 5.32 Å². The van der Waals surface area contributed by atoms with Crippen LogP contribution in [0, 0.1) is 6.92 Å². The fraction of sp³-hybridized carbons (Fsp3) is 0.368. The molecule has 2 aromatic rings. The molecule has 0 aromatic heterocycles. The van der Waals surface area contributed by atoms with Crippen molar-refractivity contribution in [1.29, 1.82) is 0 Å². The van der Waals surface area contributed by atoms with Crippen LogP contribution < -0.4 is 10.2 Å². The highest BCUT2D eigenvalue weighted by atomic mass is 15.2. The topological polar surface area (TPSA) is 15.3 Å². The first-order valence-electron chi connectivity index (χ1n) is 7.80. The summed E-state index contributed by atoms with van der Waals surface area (Å²) in [7, 11) is 0. The number of para-hydroxylation sites is 1. The van der Waals surface area contributed by atoms with E-state index in [1.54, 1.807) is 0 Å². The van der Waals surface area contributed by atoms with Gasteiger partial charge in [-0.2, -0.15) is 0 Å². The average molecular weight is 280 g/mol. The molecule has 21 heavy (non-hydrogen) atoms. The summed E-state index contributed by atoms with van der Waals surface area (Å²) in [5, 5.41) is 3.62. The molecule has 0 saturated carbocycles. The van der Waals surface area contributed by atoms with Crippen LogP contribution in [0.2, 0.25) is 0 Å². The van der Waals surface area contributed by atoms with E-state index in [1.807, 2.05) is 0 Å². The third-order valence-electron chi connectivity index (χ3n) is 4.47. The Morgan fingerprint density at radius 3 is 2.62 bits per heavy atom. The molecule has 2 aromatic carbocycles. The van der Waals surface area contributed by atoms with E-state index >= 15 is 0 Å². The summed E-state index contributed by atoms with van der Waals surface area (Å²) < 4.78 is 0. The molecule has 0 aliphatic carbocycles. The van der Waals surface area contributed by atoms with Crippen LogP contribution in [0.5, 0.6) is 0 Å². The molecule has 0 radical (unpaired) electrons. The molecule has 2 heteroatoms. The maximum Gasteiger partial charge on any atom is 0.0515 e. The highest BCUT2D eigenvalue weighted by Crippen LogP contribution is 2.34. The van der Waals surface area contributed by atoms with Gasteiger partial charge in [0, 0.05) is 24.8 Å². The van der Waals surface area contributed by atoms with Crippen molar-refractivity contribution in [3.63, 3.8) is 0 Å². The number of fused-ring (bicyclic) bond motifs is 1. The van der Waals surface area contributed by atoms with Crippen LogP contribution in [0.1, 0.15) is 36.6 Å². The van der Waals surface area contributed by atoms with Crippen molar-refractivity contribution in [2.45, 2.75) is 39.4 Å². The predicted octanol–water partition coefficient (Wildman–Crippen LogP) is 4.05. The third kappa shape index (κ3) is 2.81. The predicted molar refractivity (Wildman–Crippen MR) is 89.7 cm³/mol. The van der Waals surface area contributed by atoms with Crippen LogP contribution in [0.15, 0.2) is 48.5 Å². The van der Waals surface area contributed by atoms with Gasteiger partial charge >= 0.3 is 0 Å². The Bertz CT molecular complexity index is 606. The molecule has 2 unspecified atom stereocenters. The van der Waals surface area contributed by atoms with E-state index in [4.69, 9.17) is 0 Å². The molecule has 1 aliphatic rings. The fourth-order valence-electron chi connectivity index (χ4n) is 3.27. The summed E-state index contributed by atoms with van der Waals surface area (Å²) >= 11 is 0. The lowest BCUT2D eigenvalue weighted by Crippen LogP contribution is -2.37. The second-order valence-electron chi connectivity index (χ2n) is 6.10. The van der Waals surface area contributed by atoms with Gasteiger partial charge in [0.1, 0.15) is 0 Å². The molecule has 3 rings (SSSR count). The molecule has 110 valence electrons. The van der Waals surface area contributed by atoms with Crippen molar-refractivity contribution in [3.05, 3.63) is 65.2 Å². The summed E-state index contributed by atoms with van der Waals surface area (Å²) in [5.41, 5.74) is 5.56. The smallest absolute Gasteiger partial charge is 0.0515 e. The van der Waals surface area contributed by atoms with Crippen molar-refractivity contribution >= 4 is 5.69 Å². The SMILES string of the molecule is Cc1cccc2c1N(C(C)c1ccccc1)CC(C)NC2. The molecule has 2 atom stereocenters. The number of nitrogens with one attached hydrogen (secondary N) is 1. The number of benzene rings is 2. The van der Waals surface area contributed by atoms with Crippen molar-refractivity contribution in [2.75, 3.05) is 11.4 Å². The summed E-state index contributed by atoms with van der Waals surface area (Å²) in [6.45, 7) is 8.79. The number of nitrogens with zero attached hydrogens (tertiary/aromatic N) is 1. The van der Waals surface area contributed by atoms with Crippen LogP contribution >= 0.6 is 0 Å². The molecule has 1 heterocycles. The Balaban J connectivity index is 2.04. The molecule has 0 bridgehead atoms. The van der Waals surface area contributed by atoms with Gasteiger partial charge in [0.25, 0.3) is 0 Å². The average Bonchev–Trinajstić information content (AvgIpc) is 2.68. The number of hydrogen-bond donors (Lipinski definition) is 1. The highest BCUT2D eigenvalue weighted by molar-refractivity contribution is 5.61. The maximum atomic E-state index is 3.62. The molecular weight excluding hydrogens is 256 g/mol. The van der Waals surface area contributed by atoms with Gasteiger partial charge in [-0.1, -0.05) is 48.5 Å². The van der Waals surface area contributed by atoms with E-state index in [1.165, 1.54) is 22.4 Å². The second kappa shape index (κ2) is 5.90. The van der Waals surface area contributed by atoms with Crippen LogP contribution in [-0.4, -0.2) is 12.6 Å². The van der Waals surface area contributed by atoms with Gasteiger partial charge in [-0.15, -0.1) is 0 Å². The molecule has 0 fully saturated rings. The Kier molecular flexibility index (Phi) is 3.98. The Morgan fingerprint density at radius 2 is 1.86 bits per heavy atom. The zero-order valence-corrected chi connectivity index (χ0v) is 13.1. The standard InChI is InChI=1S/C19H24N2/c1-14-8-7-11-18-12-20-15(2)13-21(19(14)18)16(3)17-9-5-4-6-10-17/h4-11,15-16,20H,12-13H2,1-3H3. The zero-order valence-electron chi connectivity index (χ0n) is 13.1. The first-order chi connectivity index (χ1) is 10.2. The maximum absolute atomic E-state index is 3.62. The summed E-state index contributed by atoms with van der Waals surface area (Å²) in [4.78, 5) is 2.56. The van der Waals surface area contributed by atoms with Gasteiger partial charge in [-0.25, -0.2) is 0 Å². The van der Waals surface area contributed by atoms with Gasteiger partial charge in [0.15, 0.2) is 0 Å². The normalized spacial score (nSPS) is 19.8. The van der Waals surface area contributed by atoms with Crippen molar-refractivity contribution in [3.8, 4) is 0 Å². The van der Waals surface area contributed by atoms with E-state index in [-0.39, 0.29) is 0 Å². The lowest BCUT2D eigenvalue weighted by atomic mass is 10.0. The molecule has 1 aliphatic heterocycles. The minimum atomic E-state index is 0.383. The first-order valence-corrected chi connectivity index (χ1v) is 7.80. The van der Waals surface area contributed by atoms with E-state index in [2.05, 4.69) is 79.5 Å². The number of aryl methyl sites for hydroxylation is 1. The van der Waals surface area contributed by atoms with E-state index < -0.39 is 0 Å². The summed E-state index contributed by atoms with van der Waals surface area (Å²) in [5.74, 6) is 0. The van der Waals surface area contributed by atoms with Crippen LogP contribution in [-0.2, 0) is 6.54 Å². The van der Waals surface area contributed by atoms with E-state index in [0.29, 0.717) is 12.1 Å². The van der Waals surface area contributed by atoms with Crippen LogP contribution in [0.25, 0.3) is 0 Å². The van der Waals surface area contributed by atoms with Gasteiger partial charge in [-0.05, 0) is 37.5 Å². The lowest BCUT2D eigenvalue weighted by Gasteiger charge is -2.34. The van der Waals surface area contributed by atoms with Gasteiger partial charge in [0.2, 0.25) is 0 Å². The number of anilines is 1. The molecule has 0 spiro atoms. The Hall–Kier alpha value is -1.80. The Labute approximate surface area is 127 Å². The second-order valence-corrected chi connectivity index (χ2v) is 6.10. The fourth-order valence-corrected chi connectivity index (χ4v) is 3.27. The molecule has 1 N–H and O–H groups in total. The molecule has 0 saturated heterocycles. The van der Waals surface area contributed by atoms with Gasteiger partial charge in [0.05, 0.1) is 6.04 Å². The number of rotatable bonds is 2. The lowest BCUT2D eigenvalue weighted by molar-refractivity contribution is 0.532. The zero-order chi connectivity index (χ0) is 14.8. The third-order valence-corrected chi connectivity index (χ3v) is 4.47. The van der Waals surface area contributed by atoms with Gasteiger partial charge < -0.3 is 10.2 Å².